The summed E-state index contributed by atoms with van der Waals surface area (Å²) in [5, 5.41) is 0.591. The van der Waals surface area contributed by atoms with Gasteiger partial charge in [-0.05, 0) is 52.5 Å². The number of benzene rings is 1. The molecule has 0 saturated heterocycles. The molecule has 0 atom stereocenters. The molecule has 0 unspecified atom stereocenters. The van der Waals surface area contributed by atoms with Crippen LogP contribution in [0.4, 0.5) is 9.52 Å². The Labute approximate surface area is 125 Å². The molecule has 2 rings (SSSR count). The Morgan fingerprint density at radius 1 is 1.42 bits per heavy atom. The first-order valence-corrected chi connectivity index (χ1v) is 7.80. The molecule has 2 nitrogen and oxygen atoms in total. The molecular weight excluding hydrogens is 327 g/mol. The van der Waals surface area contributed by atoms with E-state index in [0.717, 1.165) is 34.5 Å². The first-order valence-electron chi connectivity index (χ1n) is 6.19. The maximum absolute atomic E-state index is 13.6. The smallest absolute Gasteiger partial charge is 0.180 e. The SMILES string of the molecule is CCCc1nc(N)sc1Cc1cc(F)c(Br)cc1C. The van der Waals surface area contributed by atoms with Crippen molar-refractivity contribution >= 4 is 32.4 Å². The topological polar surface area (TPSA) is 38.9 Å². The predicted molar refractivity (Wildman–Crippen MR) is 82.2 cm³/mol. The molecule has 0 bridgehead atoms. The van der Waals surface area contributed by atoms with Crippen LogP contribution in [0.1, 0.15) is 35.0 Å². The van der Waals surface area contributed by atoms with Gasteiger partial charge in [-0.3, -0.25) is 0 Å². The standard InChI is InChI=1S/C14H16BrFN2S/c1-3-4-12-13(19-14(17)18-12)7-9-6-11(16)10(15)5-8(9)2/h5-6H,3-4,7H2,1-2H3,(H2,17,18). The highest BCUT2D eigenvalue weighted by Gasteiger charge is 2.12. The van der Waals surface area contributed by atoms with E-state index in [1.165, 1.54) is 11.3 Å². The van der Waals surface area contributed by atoms with Gasteiger partial charge in [0.25, 0.3) is 0 Å². The molecule has 0 saturated carbocycles. The summed E-state index contributed by atoms with van der Waals surface area (Å²) in [5.41, 5.74) is 8.89. The zero-order valence-corrected chi connectivity index (χ0v) is 13.4. The molecule has 5 heteroatoms. The number of nitrogen functional groups attached to an aromatic ring is 1. The predicted octanol–water partition coefficient (Wildman–Crippen LogP) is 4.48. The summed E-state index contributed by atoms with van der Waals surface area (Å²) in [5.74, 6) is -0.227. The summed E-state index contributed by atoms with van der Waals surface area (Å²) in [6.07, 6.45) is 2.64. The fourth-order valence-electron chi connectivity index (χ4n) is 2.02. The maximum Gasteiger partial charge on any atom is 0.180 e. The second kappa shape index (κ2) is 6.01. The van der Waals surface area contributed by atoms with Gasteiger partial charge in [0, 0.05) is 11.3 Å². The third-order valence-electron chi connectivity index (χ3n) is 3.01. The van der Waals surface area contributed by atoms with Gasteiger partial charge in [-0.25, -0.2) is 9.37 Å². The summed E-state index contributed by atoms with van der Waals surface area (Å²) < 4.78 is 14.1. The number of anilines is 1. The van der Waals surface area contributed by atoms with Crippen molar-refractivity contribution in [3.05, 3.63) is 44.1 Å². The van der Waals surface area contributed by atoms with Crippen LogP contribution in [0.5, 0.6) is 0 Å². The van der Waals surface area contributed by atoms with Crippen LogP contribution < -0.4 is 5.73 Å². The van der Waals surface area contributed by atoms with Crippen LogP contribution in [-0.2, 0) is 12.8 Å². The number of halogens is 2. The van der Waals surface area contributed by atoms with Crippen molar-refractivity contribution in [3.8, 4) is 0 Å². The van der Waals surface area contributed by atoms with E-state index in [9.17, 15) is 4.39 Å². The third-order valence-corrected chi connectivity index (χ3v) is 4.55. The monoisotopic (exact) mass is 342 g/mol. The van der Waals surface area contributed by atoms with Crippen molar-refractivity contribution < 1.29 is 4.39 Å². The number of rotatable bonds is 4. The van der Waals surface area contributed by atoms with E-state index >= 15 is 0 Å². The fraction of sp³-hybridized carbons (Fsp3) is 0.357. The first kappa shape index (κ1) is 14.5. The van der Waals surface area contributed by atoms with Crippen molar-refractivity contribution in [2.45, 2.75) is 33.1 Å². The zero-order chi connectivity index (χ0) is 14.0. The molecular formula is C14H16BrFN2S. The summed E-state index contributed by atoms with van der Waals surface area (Å²) >= 11 is 4.70. The Balaban J connectivity index is 2.33. The Morgan fingerprint density at radius 3 is 2.84 bits per heavy atom. The summed E-state index contributed by atoms with van der Waals surface area (Å²) in [6, 6.07) is 3.40. The Kier molecular flexibility index (Phi) is 4.58. The number of thiazole rings is 1. The summed E-state index contributed by atoms with van der Waals surface area (Å²) in [6.45, 7) is 4.10. The molecule has 0 aliphatic rings. The van der Waals surface area contributed by atoms with Gasteiger partial charge in [0.2, 0.25) is 0 Å². The lowest BCUT2D eigenvalue weighted by molar-refractivity contribution is 0.618. The number of hydrogen-bond acceptors (Lipinski definition) is 3. The van der Waals surface area contributed by atoms with E-state index in [4.69, 9.17) is 5.73 Å². The van der Waals surface area contributed by atoms with E-state index < -0.39 is 0 Å². The number of aryl methyl sites for hydroxylation is 2. The Morgan fingerprint density at radius 2 is 2.16 bits per heavy atom. The molecule has 102 valence electrons. The van der Waals surface area contributed by atoms with Crippen molar-refractivity contribution in [1.82, 2.24) is 4.98 Å². The van der Waals surface area contributed by atoms with Crippen LogP contribution in [-0.4, -0.2) is 4.98 Å². The molecule has 0 aliphatic heterocycles. The van der Waals surface area contributed by atoms with E-state index in [-0.39, 0.29) is 5.82 Å². The Bertz CT molecular complexity index is 595. The lowest BCUT2D eigenvalue weighted by Gasteiger charge is -2.07. The average Bonchev–Trinajstić information content (AvgIpc) is 2.67. The minimum Gasteiger partial charge on any atom is -0.375 e. The van der Waals surface area contributed by atoms with Gasteiger partial charge < -0.3 is 5.73 Å². The highest BCUT2D eigenvalue weighted by atomic mass is 79.9. The minimum atomic E-state index is -0.227. The van der Waals surface area contributed by atoms with Gasteiger partial charge in [0.05, 0.1) is 10.2 Å². The van der Waals surface area contributed by atoms with E-state index in [1.807, 2.05) is 13.0 Å². The van der Waals surface area contributed by atoms with Gasteiger partial charge in [0.15, 0.2) is 5.13 Å². The largest absolute Gasteiger partial charge is 0.375 e. The fourth-order valence-corrected chi connectivity index (χ4v) is 3.38. The van der Waals surface area contributed by atoms with Gasteiger partial charge in [-0.15, -0.1) is 11.3 Å². The molecule has 1 aromatic carbocycles. The number of nitrogens with zero attached hydrogens (tertiary/aromatic N) is 1. The second-order valence-corrected chi connectivity index (χ2v) is 6.51. The van der Waals surface area contributed by atoms with Crippen molar-refractivity contribution in [2.24, 2.45) is 0 Å². The van der Waals surface area contributed by atoms with Gasteiger partial charge >= 0.3 is 0 Å². The van der Waals surface area contributed by atoms with Crippen LogP contribution >= 0.6 is 27.3 Å². The molecule has 0 spiro atoms. The zero-order valence-electron chi connectivity index (χ0n) is 11.0. The molecule has 1 aromatic heterocycles. The second-order valence-electron chi connectivity index (χ2n) is 4.54. The number of hydrogen-bond donors (Lipinski definition) is 1. The molecule has 2 N–H and O–H groups in total. The summed E-state index contributed by atoms with van der Waals surface area (Å²) in [7, 11) is 0. The summed E-state index contributed by atoms with van der Waals surface area (Å²) in [4.78, 5) is 5.50. The van der Waals surface area contributed by atoms with Crippen molar-refractivity contribution in [3.63, 3.8) is 0 Å². The van der Waals surface area contributed by atoms with Crippen LogP contribution in [0.15, 0.2) is 16.6 Å². The third kappa shape index (κ3) is 3.34. The molecule has 0 radical (unpaired) electrons. The average molecular weight is 343 g/mol. The van der Waals surface area contributed by atoms with Crippen LogP contribution in [0.3, 0.4) is 0 Å². The van der Waals surface area contributed by atoms with Crippen LogP contribution in [0.2, 0.25) is 0 Å². The Hall–Kier alpha value is -0.940. The van der Waals surface area contributed by atoms with Crippen molar-refractivity contribution in [1.29, 1.82) is 0 Å². The minimum absolute atomic E-state index is 0.227. The van der Waals surface area contributed by atoms with E-state index in [1.54, 1.807) is 6.07 Å². The van der Waals surface area contributed by atoms with Gasteiger partial charge in [0.1, 0.15) is 5.82 Å². The molecule has 1 heterocycles. The molecule has 0 amide bonds. The normalized spacial score (nSPS) is 10.9. The van der Waals surface area contributed by atoms with Gasteiger partial charge in [-0.2, -0.15) is 0 Å². The van der Waals surface area contributed by atoms with Crippen LogP contribution in [0, 0.1) is 12.7 Å². The lowest BCUT2D eigenvalue weighted by atomic mass is 10.0. The molecule has 19 heavy (non-hydrogen) atoms. The van der Waals surface area contributed by atoms with E-state index in [0.29, 0.717) is 16.0 Å². The van der Waals surface area contributed by atoms with E-state index in [2.05, 4.69) is 27.8 Å². The highest BCUT2D eigenvalue weighted by molar-refractivity contribution is 9.10. The van der Waals surface area contributed by atoms with Crippen molar-refractivity contribution in [2.75, 3.05) is 5.73 Å². The first-order chi connectivity index (χ1) is 9.01. The molecule has 0 aliphatic carbocycles. The quantitative estimate of drug-likeness (QED) is 0.889. The maximum atomic E-state index is 13.6. The van der Waals surface area contributed by atoms with Gasteiger partial charge in [-0.1, -0.05) is 13.3 Å². The molecule has 0 fully saturated rings. The number of aromatic nitrogens is 1. The lowest BCUT2D eigenvalue weighted by Crippen LogP contribution is -1.96. The molecule has 2 aromatic rings. The highest BCUT2D eigenvalue weighted by Crippen LogP contribution is 2.28. The number of nitrogens with two attached hydrogens (primary N) is 1. The van der Waals surface area contributed by atoms with Crippen LogP contribution in [0.25, 0.3) is 0 Å².